The standard InChI is InChI=1S/C13H26O4/c1-4-7-9-15-10-11-17-12(8-5-2)13(14)16-6-3/h12H,4-11H2,1-3H3. The lowest BCUT2D eigenvalue weighted by atomic mass is 10.2. The van der Waals surface area contributed by atoms with Crippen LogP contribution in [-0.2, 0) is 19.0 Å². The lowest BCUT2D eigenvalue weighted by Crippen LogP contribution is -2.28. The van der Waals surface area contributed by atoms with E-state index in [2.05, 4.69) is 6.92 Å². The van der Waals surface area contributed by atoms with Crippen LogP contribution in [0.3, 0.4) is 0 Å². The number of carbonyl (C=O) groups is 1. The fourth-order valence-corrected chi connectivity index (χ4v) is 1.36. The third-order valence-electron chi connectivity index (χ3n) is 2.29. The average Bonchev–Trinajstić information content (AvgIpc) is 2.32. The van der Waals surface area contributed by atoms with Crippen molar-refractivity contribution in [2.75, 3.05) is 26.4 Å². The molecule has 0 saturated heterocycles. The Balaban J connectivity index is 3.65. The molecule has 0 aliphatic carbocycles. The van der Waals surface area contributed by atoms with Gasteiger partial charge in [-0.3, -0.25) is 0 Å². The number of rotatable bonds is 11. The molecule has 0 spiro atoms. The van der Waals surface area contributed by atoms with E-state index in [4.69, 9.17) is 14.2 Å². The van der Waals surface area contributed by atoms with Gasteiger partial charge in [0.1, 0.15) is 0 Å². The maximum Gasteiger partial charge on any atom is 0.335 e. The third-order valence-corrected chi connectivity index (χ3v) is 2.29. The van der Waals surface area contributed by atoms with E-state index in [-0.39, 0.29) is 5.97 Å². The Morgan fingerprint density at radius 1 is 1.06 bits per heavy atom. The Bertz CT molecular complexity index is 182. The van der Waals surface area contributed by atoms with Crippen molar-refractivity contribution in [3.8, 4) is 0 Å². The van der Waals surface area contributed by atoms with E-state index < -0.39 is 6.10 Å². The summed E-state index contributed by atoms with van der Waals surface area (Å²) in [5.74, 6) is -0.261. The first-order valence-electron chi connectivity index (χ1n) is 6.62. The molecule has 0 aromatic carbocycles. The quantitative estimate of drug-likeness (QED) is 0.415. The van der Waals surface area contributed by atoms with Crippen LogP contribution in [0.15, 0.2) is 0 Å². The molecule has 1 unspecified atom stereocenters. The van der Waals surface area contributed by atoms with Crippen LogP contribution in [0.2, 0.25) is 0 Å². The molecule has 0 aromatic rings. The van der Waals surface area contributed by atoms with Crippen molar-refractivity contribution in [1.29, 1.82) is 0 Å². The van der Waals surface area contributed by atoms with Crippen LogP contribution >= 0.6 is 0 Å². The minimum Gasteiger partial charge on any atom is -0.464 e. The lowest BCUT2D eigenvalue weighted by Gasteiger charge is -2.15. The third kappa shape index (κ3) is 9.12. The number of hydrogen-bond acceptors (Lipinski definition) is 4. The van der Waals surface area contributed by atoms with Crippen molar-refractivity contribution < 1.29 is 19.0 Å². The summed E-state index contributed by atoms with van der Waals surface area (Å²) in [7, 11) is 0. The summed E-state index contributed by atoms with van der Waals surface area (Å²) >= 11 is 0. The SMILES string of the molecule is CCCCOCCOC(CCC)C(=O)OCC. The highest BCUT2D eigenvalue weighted by atomic mass is 16.6. The van der Waals surface area contributed by atoms with E-state index in [1.54, 1.807) is 6.92 Å². The van der Waals surface area contributed by atoms with Crippen LogP contribution in [-0.4, -0.2) is 38.5 Å². The molecule has 0 saturated carbocycles. The molecule has 0 amide bonds. The topological polar surface area (TPSA) is 44.8 Å². The van der Waals surface area contributed by atoms with Crippen molar-refractivity contribution in [3.63, 3.8) is 0 Å². The number of unbranched alkanes of at least 4 members (excludes halogenated alkanes) is 1. The number of esters is 1. The smallest absolute Gasteiger partial charge is 0.335 e. The van der Waals surface area contributed by atoms with Gasteiger partial charge < -0.3 is 14.2 Å². The van der Waals surface area contributed by atoms with Gasteiger partial charge in [0.25, 0.3) is 0 Å². The normalized spacial score (nSPS) is 12.4. The zero-order chi connectivity index (χ0) is 12.9. The summed E-state index contributed by atoms with van der Waals surface area (Å²) in [5, 5.41) is 0. The molecule has 102 valence electrons. The Morgan fingerprint density at radius 2 is 1.82 bits per heavy atom. The highest BCUT2D eigenvalue weighted by molar-refractivity contribution is 5.74. The molecule has 4 nitrogen and oxygen atoms in total. The minimum absolute atomic E-state index is 0.261. The predicted molar refractivity (Wildman–Crippen MR) is 67.0 cm³/mol. The van der Waals surface area contributed by atoms with Crippen molar-refractivity contribution in [2.45, 2.75) is 52.6 Å². The van der Waals surface area contributed by atoms with Crippen molar-refractivity contribution in [3.05, 3.63) is 0 Å². The molecule has 0 aliphatic rings. The summed E-state index contributed by atoms with van der Waals surface area (Å²) < 4.78 is 15.8. The molecule has 0 rings (SSSR count). The Morgan fingerprint density at radius 3 is 2.41 bits per heavy atom. The maximum atomic E-state index is 11.5. The van der Waals surface area contributed by atoms with Crippen LogP contribution < -0.4 is 0 Å². The summed E-state index contributed by atoms with van der Waals surface area (Å²) in [6.07, 6.45) is 3.36. The molecule has 0 N–H and O–H groups in total. The van der Waals surface area contributed by atoms with Crippen LogP contribution in [0.5, 0.6) is 0 Å². The molecular formula is C13H26O4. The van der Waals surface area contributed by atoms with E-state index in [9.17, 15) is 4.79 Å². The molecular weight excluding hydrogens is 220 g/mol. The lowest BCUT2D eigenvalue weighted by molar-refractivity contribution is -0.158. The molecule has 0 fully saturated rings. The Labute approximate surface area is 105 Å². The molecule has 0 heterocycles. The van der Waals surface area contributed by atoms with Gasteiger partial charge in [0.15, 0.2) is 6.10 Å². The van der Waals surface area contributed by atoms with Crippen molar-refractivity contribution in [1.82, 2.24) is 0 Å². The van der Waals surface area contributed by atoms with Crippen molar-refractivity contribution >= 4 is 5.97 Å². The highest BCUT2D eigenvalue weighted by Crippen LogP contribution is 2.04. The summed E-state index contributed by atoms with van der Waals surface area (Å²) in [5.41, 5.74) is 0. The first-order chi connectivity index (χ1) is 8.26. The van der Waals surface area contributed by atoms with E-state index >= 15 is 0 Å². The average molecular weight is 246 g/mol. The van der Waals surface area contributed by atoms with Gasteiger partial charge in [0, 0.05) is 6.61 Å². The van der Waals surface area contributed by atoms with Crippen molar-refractivity contribution in [2.24, 2.45) is 0 Å². The number of carbonyl (C=O) groups excluding carboxylic acids is 1. The molecule has 0 bridgehead atoms. The Kier molecular flexibility index (Phi) is 11.4. The summed E-state index contributed by atoms with van der Waals surface area (Å²) in [6.45, 7) is 8.10. The molecule has 4 heteroatoms. The van der Waals surface area contributed by atoms with Crippen LogP contribution in [0.4, 0.5) is 0 Å². The largest absolute Gasteiger partial charge is 0.464 e. The van der Waals surface area contributed by atoms with Crippen LogP contribution in [0.25, 0.3) is 0 Å². The first kappa shape index (κ1) is 16.4. The fraction of sp³-hybridized carbons (Fsp3) is 0.923. The van der Waals surface area contributed by atoms with Crippen LogP contribution in [0.1, 0.15) is 46.5 Å². The minimum atomic E-state index is -0.435. The van der Waals surface area contributed by atoms with Gasteiger partial charge in [0.05, 0.1) is 19.8 Å². The zero-order valence-electron chi connectivity index (χ0n) is 11.4. The van der Waals surface area contributed by atoms with E-state index in [1.165, 1.54) is 0 Å². The molecule has 0 radical (unpaired) electrons. The zero-order valence-corrected chi connectivity index (χ0v) is 11.4. The van der Waals surface area contributed by atoms with Gasteiger partial charge in [-0.1, -0.05) is 26.7 Å². The van der Waals surface area contributed by atoms with E-state index in [0.717, 1.165) is 25.9 Å². The summed E-state index contributed by atoms with van der Waals surface area (Å²) in [6, 6.07) is 0. The monoisotopic (exact) mass is 246 g/mol. The van der Waals surface area contributed by atoms with E-state index in [1.807, 2.05) is 6.92 Å². The molecule has 17 heavy (non-hydrogen) atoms. The van der Waals surface area contributed by atoms with Gasteiger partial charge in [-0.05, 0) is 19.8 Å². The summed E-state index contributed by atoms with van der Waals surface area (Å²) in [4.78, 5) is 11.5. The number of hydrogen-bond donors (Lipinski definition) is 0. The van der Waals surface area contributed by atoms with Gasteiger partial charge in [-0.2, -0.15) is 0 Å². The van der Waals surface area contributed by atoms with Gasteiger partial charge >= 0.3 is 5.97 Å². The second-order valence-corrected chi connectivity index (χ2v) is 3.87. The maximum absolute atomic E-state index is 11.5. The fourth-order valence-electron chi connectivity index (χ4n) is 1.36. The van der Waals surface area contributed by atoms with Gasteiger partial charge in [-0.15, -0.1) is 0 Å². The second kappa shape index (κ2) is 11.9. The molecule has 0 aliphatic heterocycles. The molecule has 1 atom stereocenters. The predicted octanol–water partition coefficient (Wildman–Crippen LogP) is 2.55. The second-order valence-electron chi connectivity index (χ2n) is 3.87. The highest BCUT2D eigenvalue weighted by Gasteiger charge is 2.18. The molecule has 0 aromatic heterocycles. The Hall–Kier alpha value is -0.610. The van der Waals surface area contributed by atoms with Gasteiger partial charge in [-0.25, -0.2) is 4.79 Å². The first-order valence-corrected chi connectivity index (χ1v) is 6.62. The van der Waals surface area contributed by atoms with Gasteiger partial charge in [0.2, 0.25) is 0 Å². The van der Waals surface area contributed by atoms with E-state index in [0.29, 0.717) is 26.2 Å². The number of ether oxygens (including phenoxy) is 3. The van der Waals surface area contributed by atoms with Crippen LogP contribution in [0, 0.1) is 0 Å².